The number of fused-ring (bicyclic) bond motifs is 1. The topological polar surface area (TPSA) is 12.0 Å². The molecular formula is C14H19Br2N. The fraction of sp³-hybridized carbons (Fsp3) is 0.571. The zero-order valence-corrected chi connectivity index (χ0v) is 13.8. The predicted octanol–water partition coefficient (Wildman–Crippen LogP) is 5.07. The molecule has 3 heteroatoms. The van der Waals surface area contributed by atoms with Gasteiger partial charge >= 0.3 is 0 Å². The Bertz CT molecular complexity index is 429. The van der Waals surface area contributed by atoms with Crippen LogP contribution in [0.3, 0.4) is 0 Å². The fourth-order valence-electron chi connectivity index (χ4n) is 2.79. The summed E-state index contributed by atoms with van der Waals surface area (Å²) in [5.41, 5.74) is 4.27. The summed E-state index contributed by atoms with van der Waals surface area (Å²) >= 11 is 7.51. The van der Waals surface area contributed by atoms with Crippen molar-refractivity contribution < 1.29 is 0 Å². The van der Waals surface area contributed by atoms with E-state index < -0.39 is 0 Å². The summed E-state index contributed by atoms with van der Waals surface area (Å²) in [6.45, 7) is 7.69. The van der Waals surface area contributed by atoms with Crippen molar-refractivity contribution in [1.82, 2.24) is 5.32 Å². The Morgan fingerprint density at radius 3 is 2.65 bits per heavy atom. The molecular weight excluding hydrogens is 342 g/mol. The molecule has 0 saturated heterocycles. The molecule has 1 nitrogen and oxygen atoms in total. The summed E-state index contributed by atoms with van der Waals surface area (Å²) in [4.78, 5) is 0. The van der Waals surface area contributed by atoms with E-state index >= 15 is 0 Å². The summed E-state index contributed by atoms with van der Waals surface area (Å²) in [7, 11) is 0. The Balaban J connectivity index is 2.59. The van der Waals surface area contributed by atoms with Gasteiger partial charge in [-0.3, -0.25) is 0 Å². The third-order valence-corrected chi connectivity index (χ3v) is 5.36. The van der Waals surface area contributed by atoms with Crippen LogP contribution in [-0.2, 0) is 0 Å². The van der Waals surface area contributed by atoms with Gasteiger partial charge in [-0.05, 0) is 55.0 Å². The van der Waals surface area contributed by atoms with E-state index in [9.17, 15) is 0 Å². The smallest absolute Gasteiger partial charge is 0.0334 e. The van der Waals surface area contributed by atoms with Gasteiger partial charge in [0.15, 0.2) is 0 Å². The first-order valence-electron chi connectivity index (χ1n) is 6.28. The molecule has 0 bridgehead atoms. The molecule has 2 unspecified atom stereocenters. The standard InChI is InChI=1S/C14H19Br2N/c1-4-17-11-6-5-8(2)12-10(15)7-9(3)14(16)13(11)12/h7-8,11,17H,4-6H2,1-3H3. The van der Waals surface area contributed by atoms with Crippen LogP contribution in [0.2, 0.25) is 0 Å². The first-order valence-corrected chi connectivity index (χ1v) is 7.86. The van der Waals surface area contributed by atoms with Crippen molar-refractivity contribution in [3.8, 4) is 0 Å². The van der Waals surface area contributed by atoms with Crippen LogP contribution in [0.1, 0.15) is 55.3 Å². The normalized spacial score (nSPS) is 23.6. The third-order valence-electron chi connectivity index (χ3n) is 3.65. The van der Waals surface area contributed by atoms with Crippen LogP contribution in [0.4, 0.5) is 0 Å². The van der Waals surface area contributed by atoms with Crippen molar-refractivity contribution in [3.63, 3.8) is 0 Å². The van der Waals surface area contributed by atoms with Gasteiger partial charge in [-0.2, -0.15) is 0 Å². The van der Waals surface area contributed by atoms with Crippen molar-refractivity contribution in [2.75, 3.05) is 6.54 Å². The van der Waals surface area contributed by atoms with Crippen LogP contribution in [0.5, 0.6) is 0 Å². The summed E-state index contributed by atoms with van der Waals surface area (Å²) < 4.78 is 2.55. The molecule has 0 aromatic heterocycles. The zero-order chi connectivity index (χ0) is 12.6. The number of rotatable bonds is 2. The summed E-state index contributed by atoms with van der Waals surface area (Å²) in [6, 6.07) is 2.73. The van der Waals surface area contributed by atoms with Gasteiger partial charge in [0.25, 0.3) is 0 Å². The quantitative estimate of drug-likeness (QED) is 0.776. The highest BCUT2D eigenvalue weighted by molar-refractivity contribution is 9.11. The molecule has 2 rings (SSSR count). The second kappa shape index (κ2) is 5.41. The van der Waals surface area contributed by atoms with Crippen LogP contribution in [0.15, 0.2) is 15.0 Å². The lowest BCUT2D eigenvalue weighted by Gasteiger charge is -2.33. The molecule has 0 fully saturated rings. The van der Waals surface area contributed by atoms with E-state index in [2.05, 4.69) is 64.0 Å². The van der Waals surface area contributed by atoms with Crippen LogP contribution in [-0.4, -0.2) is 6.54 Å². The average molecular weight is 361 g/mol. The highest BCUT2D eigenvalue weighted by Crippen LogP contribution is 2.45. The van der Waals surface area contributed by atoms with Gasteiger partial charge in [-0.1, -0.05) is 45.7 Å². The van der Waals surface area contributed by atoms with Gasteiger partial charge in [-0.25, -0.2) is 0 Å². The lowest BCUT2D eigenvalue weighted by molar-refractivity contribution is 0.438. The van der Waals surface area contributed by atoms with Crippen LogP contribution in [0.25, 0.3) is 0 Å². The molecule has 0 heterocycles. The predicted molar refractivity (Wildman–Crippen MR) is 80.6 cm³/mol. The Morgan fingerprint density at radius 2 is 2.00 bits per heavy atom. The van der Waals surface area contributed by atoms with Crippen molar-refractivity contribution >= 4 is 31.9 Å². The highest BCUT2D eigenvalue weighted by atomic mass is 79.9. The largest absolute Gasteiger partial charge is 0.310 e. The molecule has 1 aromatic rings. The minimum Gasteiger partial charge on any atom is -0.310 e. The molecule has 1 N–H and O–H groups in total. The molecule has 0 amide bonds. The number of hydrogen-bond donors (Lipinski definition) is 1. The van der Waals surface area contributed by atoms with E-state index in [1.54, 1.807) is 0 Å². The van der Waals surface area contributed by atoms with E-state index in [0.29, 0.717) is 12.0 Å². The van der Waals surface area contributed by atoms with Crippen molar-refractivity contribution in [2.45, 2.75) is 45.6 Å². The SMILES string of the molecule is CCNC1CCC(C)c2c(Br)cc(C)c(Br)c21. The summed E-state index contributed by atoms with van der Waals surface area (Å²) in [5.74, 6) is 0.645. The highest BCUT2D eigenvalue weighted by Gasteiger charge is 2.28. The fourth-order valence-corrected chi connectivity index (χ4v) is 4.34. The van der Waals surface area contributed by atoms with Crippen molar-refractivity contribution in [2.24, 2.45) is 0 Å². The number of hydrogen-bond acceptors (Lipinski definition) is 1. The van der Waals surface area contributed by atoms with Crippen LogP contribution in [0, 0.1) is 6.92 Å². The van der Waals surface area contributed by atoms with E-state index in [1.165, 1.54) is 38.5 Å². The second-order valence-electron chi connectivity index (χ2n) is 4.91. The number of benzene rings is 1. The Kier molecular flexibility index (Phi) is 4.32. The maximum absolute atomic E-state index is 3.78. The van der Waals surface area contributed by atoms with Gasteiger partial charge in [0.05, 0.1) is 0 Å². The summed E-state index contributed by atoms with van der Waals surface area (Å²) in [6.07, 6.45) is 2.50. The summed E-state index contributed by atoms with van der Waals surface area (Å²) in [5, 5.41) is 3.61. The minimum absolute atomic E-state index is 0.497. The monoisotopic (exact) mass is 359 g/mol. The lowest BCUT2D eigenvalue weighted by Crippen LogP contribution is -2.27. The molecule has 17 heavy (non-hydrogen) atoms. The lowest BCUT2D eigenvalue weighted by atomic mass is 9.80. The number of nitrogens with one attached hydrogen (secondary N) is 1. The van der Waals surface area contributed by atoms with Gasteiger partial charge in [0.1, 0.15) is 0 Å². The minimum atomic E-state index is 0.497. The first kappa shape index (κ1) is 13.6. The van der Waals surface area contributed by atoms with Crippen LogP contribution < -0.4 is 5.32 Å². The van der Waals surface area contributed by atoms with E-state index in [0.717, 1.165) is 6.54 Å². The number of halogens is 2. The molecule has 1 aromatic carbocycles. The Hall–Kier alpha value is 0.140. The average Bonchev–Trinajstić information content (AvgIpc) is 2.28. The van der Waals surface area contributed by atoms with E-state index in [-0.39, 0.29) is 0 Å². The van der Waals surface area contributed by atoms with Crippen molar-refractivity contribution in [1.29, 1.82) is 0 Å². The van der Waals surface area contributed by atoms with Gasteiger partial charge < -0.3 is 5.32 Å². The molecule has 2 atom stereocenters. The molecule has 94 valence electrons. The molecule has 0 radical (unpaired) electrons. The van der Waals surface area contributed by atoms with Crippen molar-refractivity contribution in [3.05, 3.63) is 31.7 Å². The van der Waals surface area contributed by atoms with Crippen LogP contribution >= 0.6 is 31.9 Å². The maximum atomic E-state index is 3.78. The molecule has 1 aliphatic rings. The van der Waals surface area contributed by atoms with E-state index in [1.807, 2.05) is 0 Å². The zero-order valence-electron chi connectivity index (χ0n) is 10.6. The Morgan fingerprint density at radius 1 is 1.29 bits per heavy atom. The maximum Gasteiger partial charge on any atom is 0.0334 e. The van der Waals surface area contributed by atoms with Gasteiger partial charge in [0.2, 0.25) is 0 Å². The first-order chi connectivity index (χ1) is 8.06. The molecule has 0 aliphatic heterocycles. The molecule has 0 saturated carbocycles. The Labute approximate surface area is 121 Å². The third kappa shape index (κ3) is 2.47. The second-order valence-corrected chi connectivity index (χ2v) is 6.55. The van der Waals surface area contributed by atoms with Gasteiger partial charge in [0, 0.05) is 15.0 Å². The van der Waals surface area contributed by atoms with Gasteiger partial charge in [-0.15, -0.1) is 0 Å². The molecule has 0 spiro atoms. The number of aryl methyl sites for hydroxylation is 1. The van der Waals surface area contributed by atoms with E-state index in [4.69, 9.17) is 0 Å². The molecule has 1 aliphatic carbocycles.